The number of piperidine rings is 1. The summed E-state index contributed by atoms with van der Waals surface area (Å²) in [6.45, 7) is 3.72. The predicted octanol–water partition coefficient (Wildman–Crippen LogP) is 3.05. The summed E-state index contributed by atoms with van der Waals surface area (Å²) in [6.07, 6.45) is 4.84. The second-order valence-electron chi connectivity index (χ2n) is 10.6. The molecule has 2 aromatic carbocycles. The van der Waals surface area contributed by atoms with E-state index in [4.69, 9.17) is 10.5 Å². The highest BCUT2D eigenvalue weighted by Gasteiger charge is 2.42. The van der Waals surface area contributed by atoms with E-state index in [1.807, 2.05) is 54.3 Å². The number of nitrogens with one attached hydrogen (secondary N) is 2. The summed E-state index contributed by atoms with van der Waals surface area (Å²) in [4.78, 5) is 41.2. The van der Waals surface area contributed by atoms with Gasteiger partial charge in [-0.25, -0.2) is 0 Å². The fourth-order valence-corrected chi connectivity index (χ4v) is 5.37. The number of fused-ring (bicyclic) bond motifs is 1. The van der Waals surface area contributed by atoms with Crippen LogP contribution in [0.15, 0.2) is 54.6 Å². The van der Waals surface area contributed by atoms with Gasteiger partial charge in [0.1, 0.15) is 12.4 Å². The van der Waals surface area contributed by atoms with Crippen LogP contribution in [0.1, 0.15) is 61.4 Å². The van der Waals surface area contributed by atoms with Crippen molar-refractivity contribution >= 4 is 17.7 Å². The molecule has 0 saturated carbocycles. The summed E-state index contributed by atoms with van der Waals surface area (Å²) < 4.78 is 5.93. The molecule has 3 amide bonds. The third kappa shape index (κ3) is 6.92. The molecule has 2 aliphatic rings. The lowest BCUT2D eigenvalue weighted by Crippen LogP contribution is -2.54. The van der Waals surface area contributed by atoms with Crippen LogP contribution in [0.2, 0.25) is 0 Å². The Morgan fingerprint density at radius 1 is 1.05 bits per heavy atom. The highest BCUT2D eigenvalue weighted by molar-refractivity contribution is 5.96. The Hall–Kier alpha value is -3.39. The van der Waals surface area contributed by atoms with Crippen molar-refractivity contribution in [3.8, 4) is 5.75 Å². The molecule has 1 spiro atoms. The Kier molecular flexibility index (Phi) is 9.39. The number of nitrogens with zero attached hydrogens (tertiary/aromatic N) is 1. The van der Waals surface area contributed by atoms with E-state index < -0.39 is 11.5 Å². The van der Waals surface area contributed by atoms with E-state index in [9.17, 15) is 14.4 Å². The van der Waals surface area contributed by atoms with Crippen LogP contribution in [-0.4, -0.2) is 60.9 Å². The predicted molar refractivity (Wildman–Crippen MR) is 147 cm³/mol. The molecular weight excluding hydrogens is 480 g/mol. The van der Waals surface area contributed by atoms with Gasteiger partial charge in [0.05, 0.1) is 23.1 Å². The summed E-state index contributed by atoms with van der Waals surface area (Å²) >= 11 is 0. The first-order valence-electron chi connectivity index (χ1n) is 13.8. The van der Waals surface area contributed by atoms with Gasteiger partial charge >= 0.3 is 0 Å². The number of amides is 3. The van der Waals surface area contributed by atoms with Crippen molar-refractivity contribution in [3.05, 3.63) is 65.7 Å². The fourth-order valence-electron chi connectivity index (χ4n) is 5.37. The first kappa shape index (κ1) is 27.6. The summed E-state index contributed by atoms with van der Waals surface area (Å²) in [6, 6.07) is 16.4. The smallest absolute Gasteiger partial charge is 0.255 e. The van der Waals surface area contributed by atoms with Crippen molar-refractivity contribution < 1.29 is 19.1 Å². The third-order valence-electron chi connectivity index (χ3n) is 7.78. The number of para-hydroxylation sites is 1. The molecule has 0 radical (unpaired) electrons. The highest BCUT2D eigenvalue weighted by Crippen LogP contribution is 2.37. The van der Waals surface area contributed by atoms with Crippen molar-refractivity contribution in [1.82, 2.24) is 15.5 Å². The number of carbonyl (C=O) groups is 3. The van der Waals surface area contributed by atoms with Crippen molar-refractivity contribution in [3.63, 3.8) is 0 Å². The third-order valence-corrected chi connectivity index (χ3v) is 7.78. The number of benzene rings is 2. The Bertz CT molecular complexity index is 1100. The molecule has 1 saturated heterocycles. The van der Waals surface area contributed by atoms with E-state index in [-0.39, 0.29) is 30.4 Å². The molecule has 2 heterocycles. The molecule has 2 aliphatic heterocycles. The average Bonchev–Trinajstić information content (AvgIpc) is 2.94. The molecule has 0 aliphatic carbocycles. The SMILES string of the molecule is C[C@@H]1COc2ccccc2C(=O)NCCCCC2(CCN(C(=O)[C@@H](N)CCc3ccccc3)CC2)C(=O)N1. The van der Waals surface area contributed by atoms with Crippen LogP contribution in [-0.2, 0) is 16.0 Å². The lowest BCUT2D eigenvalue weighted by atomic mass is 9.73. The van der Waals surface area contributed by atoms with Crippen LogP contribution in [0, 0.1) is 5.41 Å². The number of carbonyl (C=O) groups excluding carboxylic acids is 3. The van der Waals surface area contributed by atoms with Crippen molar-refractivity contribution in [1.29, 1.82) is 0 Å². The highest BCUT2D eigenvalue weighted by atomic mass is 16.5. The van der Waals surface area contributed by atoms with Crippen molar-refractivity contribution in [2.45, 2.75) is 64.0 Å². The van der Waals surface area contributed by atoms with Crippen LogP contribution < -0.4 is 21.1 Å². The van der Waals surface area contributed by atoms with Gasteiger partial charge in [-0.05, 0) is 63.1 Å². The molecule has 204 valence electrons. The van der Waals surface area contributed by atoms with E-state index >= 15 is 0 Å². The molecule has 38 heavy (non-hydrogen) atoms. The van der Waals surface area contributed by atoms with Crippen molar-refractivity contribution in [2.75, 3.05) is 26.2 Å². The van der Waals surface area contributed by atoms with E-state index in [0.29, 0.717) is 56.6 Å². The quantitative estimate of drug-likeness (QED) is 0.574. The monoisotopic (exact) mass is 520 g/mol. The molecule has 4 N–H and O–H groups in total. The number of rotatable bonds is 4. The van der Waals surface area contributed by atoms with Gasteiger partial charge in [0.25, 0.3) is 5.91 Å². The van der Waals surface area contributed by atoms with Crippen LogP contribution in [0.3, 0.4) is 0 Å². The number of ether oxygens (including phenoxy) is 1. The topological polar surface area (TPSA) is 114 Å². The van der Waals surface area contributed by atoms with Crippen LogP contribution in [0.5, 0.6) is 5.75 Å². The minimum Gasteiger partial charge on any atom is -0.491 e. The summed E-state index contributed by atoms with van der Waals surface area (Å²) in [7, 11) is 0. The maximum Gasteiger partial charge on any atom is 0.255 e. The second-order valence-corrected chi connectivity index (χ2v) is 10.6. The number of aryl methyl sites for hydroxylation is 1. The Balaban J connectivity index is 1.37. The standard InChI is InChI=1S/C30H40N4O4/c1-22-21-38-26-12-6-5-11-24(26)27(35)32-18-8-7-15-30(29(37)33-22)16-19-34(20-17-30)28(36)25(31)14-13-23-9-3-2-4-10-23/h2-6,9-12,22,25H,7-8,13-21,31H2,1H3,(H,32,35)(H,33,37)/t22-,25+/m1/s1. The van der Waals surface area contributed by atoms with Gasteiger partial charge in [0.15, 0.2) is 0 Å². The molecule has 4 rings (SSSR count). The normalized spacial score (nSPS) is 21.3. The summed E-state index contributed by atoms with van der Waals surface area (Å²) in [5, 5.41) is 6.13. The lowest BCUT2D eigenvalue weighted by Gasteiger charge is -2.42. The van der Waals surface area contributed by atoms with Crippen LogP contribution in [0.25, 0.3) is 0 Å². The maximum absolute atomic E-state index is 13.6. The van der Waals surface area contributed by atoms with E-state index in [2.05, 4.69) is 10.6 Å². The van der Waals surface area contributed by atoms with E-state index in [1.54, 1.807) is 12.1 Å². The number of nitrogens with two attached hydrogens (primary N) is 1. The fraction of sp³-hybridized carbons (Fsp3) is 0.500. The number of likely N-dealkylation sites (tertiary alicyclic amines) is 1. The molecule has 0 aromatic heterocycles. The van der Waals surface area contributed by atoms with Gasteiger partial charge in [0.2, 0.25) is 11.8 Å². The van der Waals surface area contributed by atoms with Gasteiger partial charge in [-0.1, -0.05) is 48.9 Å². The van der Waals surface area contributed by atoms with Crippen LogP contribution in [0.4, 0.5) is 0 Å². The molecule has 1 fully saturated rings. The van der Waals surface area contributed by atoms with Crippen LogP contribution >= 0.6 is 0 Å². The Morgan fingerprint density at radius 2 is 1.76 bits per heavy atom. The first-order valence-corrected chi connectivity index (χ1v) is 13.8. The molecule has 0 unspecified atom stereocenters. The molecule has 2 atom stereocenters. The van der Waals surface area contributed by atoms with Gasteiger partial charge < -0.3 is 26.0 Å². The Morgan fingerprint density at radius 3 is 2.53 bits per heavy atom. The molecule has 8 heteroatoms. The zero-order valence-electron chi connectivity index (χ0n) is 22.3. The van der Waals surface area contributed by atoms with Gasteiger partial charge in [-0.2, -0.15) is 0 Å². The van der Waals surface area contributed by atoms with Gasteiger partial charge in [-0.3, -0.25) is 14.4 Å². The van der Waals surface area contributed by atoms with E-state index in [1.165, 1.54) is 5.56 Å². The van der Waals surface area contributed by atoms with Gasteiger partial charge in [0, 0.05) is 19.6 Å². The Labute approximate surface area is 225 Å². The minimum absolute atomic E-state index is 0.0171. The average molecular weight is 521 g/mol. The molecular formula is C30H40N4O4. The largest absolute Gasteiger partial charge is 0.491 e. The van der Waals surface area contributed by atoms with Crippen molar-refractivity contribution in [2.24, 2.45) is 11.1 Å². The molecule has 8 nitrogen and oxygen atoms in total. The zero-order chi connectivity index (χ0) is 27.0. The number of hydrogen-bond acceptors (Lipinski definition) is 5. The molecule has 2 aromatic rings. The molecule has 0 bridgehead atoms. The summed E-state index contributed by atoms with van der Waals surface area (Å²) in [5.41, 5.74) is 7.40. The number of hydrogen-bond donors (Lipinski definition) is 3. The lowest BCUT2D eigenvalue weighted by molar-refractivity contribution is -0.142. The zero-order valence-corrected chi connectivity index (χ0v) is 22.3. The van der Waals surface area contributed by atoms with E-state index in [0.717, 1.165) is 19.3 Å². The first-order chi connectivity index (χ1) is 18.4. The van der Waals surface area contributed by atoms with Gasteiger partial charge in [-0.15, -0.1) is 0 Å². The summed E-state index contributed by atoms with van der Waals surface area (Å²) in [5.74, 6) is 0.330. The maximum atomic E-state index is 13.6. The second kappa shape index (κ2) is 12.9. The minimum atomic E-state index is -0.550.